The molecular weight excluding hydrogens is 286 g/mol. The van der Waals surface area contributed by atoms with E-state index in [4.69, 9.17) is 10.5 Å². The molecule has 0 aromatic carbocycles. The van der Waals surface area contributed by atoms with Crippen LogP contribution in [0, 0.1) is 0 Å². The van der Waals surface area contributed by atoms with E-state index in [0.29, 0.717) is 13.0 Å². The molecule has 1 aromatic rings. The van der Waals surface area contributed by atoms with Crippen LogP contribution in [0.25, 0.3) is 0 Å². The second-order valence-corrected chi connectivity index (χ2v) is 6.82. The summed E-state index contributed by atoms with van der Waals surface area (Å²) < 4.78 is 28.1. The van der Waals surface area contributed by atoms with Crippen molar-refractivity contribution < 1.29 is 17.9 Å². The van der Waals surface area contributed by atoms with Crippen LogP contribution in [-0.2, 0) is 14.6 Å². The average molecular weight is 303 g/mol. The molecule has 9 nitrogen and oxygen atoms in total. The van der Waals surface area contributed by atoms with Gasteiger partial charge in [0.1, 0.15) is 0 Å². The summed E-state index contributed by atoms with van der Waals surface area (Å²) in [4.78, 5) is 17.6. The number of ether oxygens (including phenoxy) is 1. The third kappa shape index (κ3) is 3.25. The highest BCUT2D eigenvalue weighted by molar-refractivity contribution is 7.91. The van der Waals surface area contributed by atoms with Gasteiger partial charge >= 0.3 is 0 Å². The number of carbonyl (C=O) groups is 1. The number of anilines is 1. The van der Waals surface area contributed by atoms with Gasteiger partial charge in [-0.25, -0.2) is 8.42 Å². The van der Waals surface area contributed by atoms with Crippen LogP contribution >= 0.6 is 0 Å². The van der Waals surface area contributed by atoms with Gasteiger partial charge in [0.25, 0.3) is 5.91 Å². The number of nitrogen functional groups attached to an aromatic ring is 1. The standard InChI is InChI=1S/C10H17N5O4S/c1-19-4-3-15(7-2-5-20(17,18)6-7)9(16)8-12-10(11)14-13-8/h7H,2-6H2,1H3,(H3,11,12,13,14). The van der Waals surface area contributed by atoms with E-state index in [2.05, 4.69) is 15.2 Å². The summed E-state index contributed by atoms with van der Waals surface area (Å²) in [7, 11) is -1.57. The van der Waals surface area contributed by atoms with Crippen LogP contribution in [0.2, 0.25) is 0 Å². The summed E-state index contributed by atoms with van der Waals surface area (Å²) in [5, 5.41) is 6.04. The zero-order chi connectivity index (χ0) is 14.8. The molecule has 10 heteroatoms. The summed E-state index contributed by atoms with van der Waals surface area (Å²) in [5.74, 6) is -0.394. The number of methoxy groups -OCH3 is 1. The van der Waals surface area contributed by atoms with Crippen molar-refractivity contribution in [1.29, 1.82) is 0 Å². The molecule has 1 aromatic heterocycles. The lowest BCUT2D eigenvalue weighted by Crippen LogP contribution is -2.43. The summed E-state index contributed by atoms with van der Waals surface area (Å²) >= 11 is 0. The molecule has 1 unspecified atom stereocenters. The first-order valence-electron chi connectivity index (χ1n) is 6.11. The monoisotopic (exact) mass is 303 g/mol. The van der Waals surface area contributed by atoms with Crippen LogP contribution in [0.1, 0.15) is 17.0 Å². The fourth-order valence-electron chi connectivity index (χ4n) is 2.17. The van der Waals surface area contributed by atoms with Gasteiger partial charge in [0.2, 0.25) is 11.8 Å². The van der Waals surface area contributed by atoms with Crippen LogP contribution in [0.5, 0.6) is 0 Å². The quantitative estimate of drug-likeness (QED) is 0.688. The Morgan fingerprint density at radius 3 is 2.85 bits per heavy atom. The van der Waals surface area contributed by atoms with E-state index in [-0.39, 0.29) is 35.9 Å². The SMILES string of the molecule is COCCN(C(=O)c1nc(N)n[nH]1)C1CCS(=O)(=O)C1. The minimum atomic E-state index is -3.08. The number of carbonyl (C=O) groups excluding carboxylic acids is 1. The molecule has 1 aliphatic rings. The fourth-order valence-corrected chi connectivity index (χ4v) is 3.90. The highest BCUT2D eigenvalue weighted by atomic mass is 32.2. The molecule has 1 amide bonds. The van der Waals surface area contributed by atoms with E-state index in [1.54, 1.807) is 0 Å². The zero-order valence-corrected chi connectivity index (χ0v) is 11.9. The van der Waals surface area contributed by atoms with Crippen LogP contribution in [-0.4, -0.2) is 72.2 Å². The Morgan fingerprint density at radius 2 is 2.35 bits per heavy atom. The Kier molecular flexibility index (Phi) is 4.23. The normalized spacial score (nSPS) is 20.9. The number of nitrogens with zero attached hydrogens (tertiary/aromatic N) is 3. The average Bonchev–Trinajstić information content (AvgIpc) is 2.96. The van der Waals surface area contributed by atoms with Crippen molar-refractivity contribution >= 4 is 21.7 Å². The van der Waals surface area contributed by atoms with Gasteiger partial charge in [-0.2, -0.15) is 4.98 Å². The number of hydrogen-bond donors (Lipinski definition) is 2. The van der Waals surface area contributed by atoms with Crippen LogP contribution in [0.4, 0.5) is 5.95 Å². The lowest BCUT2D eigenvalue weighted by molar-refractivity contribution is 0.0613. The molecule has 0 bridgehead atoms. The molecule has 1 atom stereocenters. The Hall–Kier alpha value is -1.68. The first-order chi connectivity index (χ1) is 9.43. The highest BCUT2D eigenvalue weighted by Crippen LogP contribution is 2.19. The van der Waals surface area contributed by atoms with Crippen LogP contribution in [0.3, 0.4) is 0 Å². The van der Waals surface area contributed by atoms with Crippen molar-refractivity contribution in [3.05, 3.63) is 5.82 Å². The number of nitrogens with two attached hydrogens (primary N) is 1. The second-order valence-electron chi connectivity index (χ2n) is 4.59. The number of amides is 1. The maximum Gasteiger partial charge on any atom is 0.291 e. The maximum atomic E-state index is 12.3. The Bertz CT molecular complexity index is 584. The van der Waals surface area contributed by atoms with Crippen molar-refractivity contribution in [3.63, 3.8) is 0 Å². The Balaban J connectivity index is 2.17. The van der Waals surface area contributed by atoms with E-state index in [1.807, 2.05) is 0 Å². The molecule has 1 aliphatic heterocycles. The molecule has 2 heterocycles. The topological polar surface area (TPSA) is 131 Å². The zero-order valence-electron chi connectivity index (χ0n) is 11.1. The lowest BCUT2D eigenvalue weighted by atomic mass is 10.2. The highest BCUT2D eigenvalue weighted by Gasteiger charge is 2.35. The lowest BCUT2D eigenvalue weighted by Gasteiger charge is -2.26. The molecule has 0 radical (unpaired) electrons. The van der Waals surface area contributed by atoms with Gasteiger partial charge in [0.15, 0.2) is 9.84 Å². The molecule has 3 N–H and O–H groups in total. The molecule has 112 valence electrons. The number of nitrogens with one attached hydrogen (secondary N) is 1. The van der Waals surface area contributed by atoms with Crippen molar-refractivity contribution in [2.75, 3.05) is 37.5 Å². The molecule has 0 spiro atoms. The maximum absolute atomic E-state index is 12.3. The first kappa shape index (κ1) is 14.7. The predicted octanol–water partition coefficient (Wildman–Crippen LogP) is -1.34. The van der Waals surface area contributed by atoms with Gasteiger partial charge in [-0.1, -0.05) is 0 Å². The van der Waals surface area contributed by atoms with E-state index in [1.165, 1.54) is 12.0 Å². The molecule has 1 saturated heterocycles. The molecule has 0 aliphatic carbocycles. The Morgan fingerprint density at radius 1 is 1.60 bits per heavy atom. The smallest absolute Gasteiger partial charge is 0.291 e. The van der Waals surface area contributed by atoms with Gasteiger partial charge in [-0.05, 0) is 6.42 Å². The first-order valence-corrected chi connectivity index (χ1v) is 7.93. The number of H-pyrrole nitrogens is 1. The molecule has 2 rings (SSSR count). The van der Waals surface area contributed by atoms with Gasteiger partial charge in [-0.3, -0.25) is 9.89 Å². The third-order valence-corrected chi connectivity index (χ3v) is 4.90. The number of aromatic amines is 1. The minimum Gasteiger partial charge on any atom is -0.383 e. The second kappa shape index (κ2) is 5.75. The van der Waals surface area contributed by atoms with Gasteiger partial charge in [0.05, 0.1) is 18.1 Å². The third-order valence-electron chi connectivity index (χ3n) is 3.15. The van der Waals surface area contributed by atoms with E-state index in [9.17, 15) is 13.2 Å². The van der Waals surface area contributed by atoms with Crippen molar-refractivity contribution in [3.8, 4) is 0 Å². The molecule has 0 saturated carbocycles. The van der Waals surface area contributed by atoms with Crippen molar-refractivity contribution in [2.24, 2.45) is 0 Å². The molecule has 1 fully saturated rings. The number of aromatic nitrogens is 3. The fraction of sp³-hybridized carbons (Fsp3) is 0.700. The van der Waals surface area contributed by atoms with E-state index >= 15 is 0 Å². The van der Waals surface area contributed by atoms with Gasteiger partial charge in [-0.15, -0.1) is 5.10 Å². The number of rotatable bonds is 5. The van der Waals surface area contributed by atoms with Crippen molar-refractivity contribution in [1.82, 2.24) is 20.1 Å². The minimum absolute atomic E-state index is 0.00269. The molecule has 20 heavy (non-hydrogen) atoms. The Labute approximate surface area is 116 Å². The van der Waals surface area contributed by atoms with E-state index in [0.717, 1.165) is 0 Å². The van der Waals surface area contributed by atoms with Crippen molar-refractivity contribution in [2.45, 2.75) is 12.5 Å². The van der Waals surface area contributed by atoms with E-state index < -0.39 is 15.7 Å². The van der Waals surface area contributed by atoms with Crippen LogP contribution < -0.4 is 5.73 Å². The summed E-state index contributed by atoms with van der Waals surface area (Å²) in [6.45, 7) is 0.599. The van der Waals surface area contributed by atoms with Gasteiger partial charge < -0.3 is 15.4 Å². The molecular formula is C10H17N5O4S. The largest absolute Gasteiger partial charge is 0.383 e. The van der Waals surface area contributed by atoms with Crippen LogP contribution in [0.15, 0.2) is 0 Å². The summed E-state index contributed by atoms with van der Waals surface area (Å²) in [6.07, 6.45) is 0.418. The van der Waals surface area contributed by atoms with Gasteiger partial charge in [0, 0.05) is 19.7 Å². The summed E-state index contributed by atoms with van der Waals surface area (Å²) in [6, 6.07) is -0.367. The number of sulfone groups is 1. The number of hydrogen-bond acceptors (Lipinski definition) is 7. The predicted molar refractivity (Wildman–Crippen MR) is 70.8 cm³/mol. The summed E-state index contributed by atoms with van der Waals surface area (Å²) in [5.41, 5.74) is 5.37.